The highest BCUT2D eigenvalue weighted by Crippen LogP contribution is 2.28. The second-order valence-corrected chi connectivity index (χ2v) is 10.4. The molecule has 0 aliphatic rings. The van der Waals surface area contributed by atoms with E-state index in [2.05, 4.69) is 5.32 Å². The first-order chi connectivity index (χ1) is 15.1. The number of amides is 2. The molecular formula is C23H26Cl4N2O2S. The summed E-state index contributed by atoms with van der Waals surface area (Å²) in [6.45, 7) is 6.40. The normalized spacial score (nSPS) is 12.0. The van der Waals surface area contributed by atoms with Gasteiger partial charge >= 0.3 is 0 Å². The van der Waals surface area contributed by atoms with Crippen molar-refractivity contribution in [2.45, 2.75) is 39.1 Å². The van der Waals surface area contributed by atoms with Gasteiger partial charge in [0.25, 0.3) is 0 Å². The molecule has 1 N–H and O–H groups in total. The summed E-state index contributed by atoms with van der Waals surface area (Å²) in [5, 5.41) is 4.76. The van der Waals surface area contributed by atoms with Crippen LogP contribution in [0, 0.1) is 5.92 Å². The predicted molar refractivity (Wildman–Crippen MR) is 137 cm³/mol. The molecule has 0 bridgehead atoms. The molecule has 1 atom stereocenters. The standard InChI is InChI=1S/C23H26Cl4N2O2S/c1-14(2)10-28-23(31)15(3)29(11-17-18(24)5-4-6-19(17)25)22(30)13-32-12-16-7-8-20(26)21(27)9-16/h4-9,14-15H,10-13H2,1-3H3,(H,28,31)/t15-/m0/s1. The van der Waals surface area contributed by atoms with Gasteiger partial charge in [-0.15, -0.1) is 11.8 Å². The lowest BCUT2D eigenvalue weighted by Crippen LogP contribution is -2.48. The van der Waals surface area contributed by atoms with Gasteiger partial charge in [0.1, 0.15) is 6.04 Å². The lowest BCUT2D eigenvalue weighted by atomic mass is 10.1. The van der Waals surface area contributed by atoms with Crippen LogP contribution in [0.2, 0.25) is 20.1 Å². The van der Waals surface area contributed by atoms with E-state index in [1.165, 1.54) is 16.7 Å². The van der Waals surface area contributed by atoms with Crippen LogP contribution in [0.3, 0.4) is 0 Å². The molecule has 174 valence electrons. The number of benzene rings is 2. The van der Waals surface area contributed by atoms with E-state index in [0.717, 1.165) is 5.56 Å². The highest BCUT2D eigenvalue weighted by Gasteiger charge is 2.27. The van der Waals surface area contributed by atoms with Crippen molar-refractivity contribution in [3.8, 4) is 0 Å². The Labute approximate surface area is 213 Å². The Morgan fingerprint density at radius 2 is 1.62 bits per heavy atom. The quantitative estimate of drug-likeness (QED) is 0.367. The largest absolute Gasteiger partial charge is 0.354 e. The maximum Gasteiger partial charge on any atom is 0.242 e. The lowest BCUT2D eigenvalue weighted by Gasteiger charge is -2.29. The fourth-order valence-corrected chi connectivity index (χ4v) is 4.55. The number of carbonyl (C=O) groups excluding carboxylic acids is 2. The number of thioether (sulfide) groups is 1. The van der Waals surface area contributed by atoms with Crippen LogP contribution in [0.15, 0.2) is 36.4 Å². The summed E-state index contributed by atoms with van der Waals surface area (Å²) >= 11 is 26.1. The lowest BCUT2D eigenvalue weighted by molar-refractivity contribution is -0.138. The molecule has 32 heavy (non-hydrogen) atoms. The van der Waals surface area contributed by atoms with Crippen molar-refractivity contribution in [3.05, 3.63) is 67.6 Å². The highest BCUT2D eigenvalue weighted by atomic mass is 35.5. The number of halogens is 4. The third-order valence-corrected chi connectivity index (χ3v) is 7.16. The Morgan fingerprint density at radius 3 is 2.22 bits per heavy atom. The molecule has 0 radical (unpaired) electrons. The van der Waals surface area contributed by atoms with E-state index in [-0.39, 0.29) is 24.1 Å². The highest BCUT2D eigenvalue weighted by molar-refractivity contribution is 7.99. The smallest absolute Gasteiger partial charge is 0.242 e. The molecule has 4 nitrogen and oxygen atoms in total. The third-order valence-electron chi connectivity index (χ3n) is 4.72. The molecule has 2 amide bonds. The second kappa shape index (κ2) is 13.0. The van der Waals surface area contributed by atoms with Crippen LogP contribution >= 0.6 is 58.2 Å². The van der Waals surface area contributed by atoms with Crippen LogP contribution < -0.4 is 5.32 Å². The Kier molecular flexibility index (Phi) is 11.0. The summed E-state index contributed by atoms with van der Waals surface area (Å²) in [6.07, 6.45) is 0. The summed E-state index contributed by atoms with van der Waals surface area (Å²) in [5.74, 6) is 0.666. The van der Waals surface area contributed by atoms with Gasteiger partial charge in [-0.05, 0) is 42.7 Å². The maximum atomic E-state index is 13.2. The molecule has 0 aliphatic heterocycles. The predicted octanol–water partition coefficient (Wildman–Crippen LogP) is 6.72. The maximum absolute atomic E-state index is 13.2. The van der Waals surface area contributed by atoms with Crippen LogP contribution in [0.1, 0.15) is 31.9 Å². The Morgan fingerprint density at radius 1 is 0.969 bits per heavy atom. The number of nitrogens with one attached hydrogen (secondary N) is 1. The minimum atomic E-state index is -0.681. The van der Waals surface area contributed by atoms with E-state index < -0.39 is 6.04 Å². The van der Waals surface area contributed by atoms with E-state index in [0.29, 0.717) is 43.9 Å². The molecule has 0 saturated carbocycles. The van der Waals surface area contributed by atoms with Gasteiger partial charge in [0.15, 0.2) is 0 Å². The van der Waals surface area contributed by atoms with E-state index in [1.807, 2.05) is 19.9 Å². The van der Waals surface area contributed by atoms with E-state index >= 15 is 0 Å². The van der Waals surface area contributed by atoms with Crippen LogP contribution in [-0.4, -0.2) is 35.1 Å². The Balaban J connectivity index is 2.13. The topological polar surface area (TPSA) is 49.4 Å². The molecule has 0 heterocycles. The SMILES string of the molecule is CC(C)CNC(=O)[C@H](C)N(Cc1c(Cl)cccc1Cl)C(=O)CSCc1ccc(Cl)c(Cl)c1. The van der Waals surface area contributed by atoms with E-state index in [9.17, 15) is 9.59 Å². The Bertz CT molecular complexity index is 935. The second-order valence-electron chi connectivity index (χ2n) is 7.78. The molecule has 2 aromatic carbocycles. The fraction of sp³-hybridized carbons (Fsp3) is 0.391. The van der Waals surface area contributed by atoms with Crippen molar-refractivity contribution in [2.75, 3.05) is 12.3 Å². The van der Waals surface area contributed by atoms with Crippen molar-refractivity contribution in [2.24, 2.45) is 5.92 Å². The fourth-order valence-electron chi connectivity index (χ4n) is 2.86. The van der Waals surface area contributed by atoms with Gasteiger partial charge in [-0.3, -0.25) is 9.59 Å². The minimum Gasteiger partial charge on any atom is -0.354 e. The summed E-state index contributed by atoms with van der Waals surface area (Å²) in [4.78, 5) is 27.4. The molecule has 0 aromatic heterocycles. The van der Waals surface area contributed by atoms with Crippen molar-refractivity contribution < 1.29 is 9.59 Å². The molecule has 0 saturated heterocycles. The first-order valence-electron chi connectivity index (χ1n) is 10.1. The molecule has 0 spiro atoms. The van der Waals surface area contributed by atoms with Gasteiger partial charge in [0, 0.05) is 34.5 Å². The molecule has 9 heteroatoms. The molecule has 0 unspecified atom stereocenters. The molecule has 0 fully saturated rings. The number of hydrogen-bond acceptors (Lipinski definition) is 3. The monoisotopic (exact) mass is 534 g/mol. The summed E-state index contributed by atoms with van der Waals surface area (Å²) in [7, 11) is 0. The van der Waals surface area contributed by atoms with Gasteiger partial charge < -0.3 is 10.2 Å². The number of hydrogen-bond donors (Lipinski definition) is 1. The van der Waals surface area contributed by atoms with E-state index in [1.54, 1.807) is 37.3 Å². The van der Waals surface area contributed by atoms with Crippen LogP contribution in [0.4, 0.5) is 0 Å². The number of carbonyl (C=O) groups is 2. The molecule has 2 aromatic rings. The zero-order valence-electron chi connectivity index (χ0n) is 18.1. The third kappa shape index (κ3) is 8.03. The first-order valence-corrected chi connectivity index (χ1v) is 12.8. The average Bonchev–Trinajstić information content (AvgIpc) is 2.73. The van der Waals surface area contributed by atoms with Crippen LogP contribution in [0.25, 0.3) is 0 Å². The molecular weight excluding hydrogens is 510 g/mol. The number of nitrogens with zero attached hydrogens (tertiary/aromatic N) is 1. The molecule has 0 aliphatic carbocycles. The summed E-state index contributed by atoms with van der Waals surface area (Å²) in [6, 6.07) is 9.88. The van der Waals surface area contributed by atoms with Gasteiger partial charge in [0.05, 0.1) is 15.8 Å². The van der Waals surface area contributed by atoms with Gasteiger partial charge in [-0.25, -0.2) is 0 Å². The van der Waals surface area contributed by atoms with Gasteiger partial charge in [0.2, 0.25) is 11.8 Å². The molecule has 2 rings (SSSR count). The van der Waals surface area contributed by atoms with Crippen LogP contribution in [0.5, 0.6) is 0 Å². The Hall–Kier alpha value is -1.11. The minimum absolute atomic E-state index is 0.140. The van der Waals surface area contributed by atoms with Crippen LogP contribution in [-0.2, 0) is 21.9 Å². The van der Waals surface area contributed by atoms with Crippen molar-refractivity contribution in [1.82, 2.24) is 10.2 Å². The zero-order valence-corrected chi connectivity index (χ0v) is 22.0. The van der Waals surface area contributed by atoms with Crippen molar-refractivity contribution in [3.63, 3.8) is 0 Å². The van der Waals surface area contributed by atoms with Crippen molar-refractivity contribution in [1.29, 1.82) is 0 Å². The van der Waals surface area contributed by atoms with Gasteiger partial charge in [-0.1, -0.05) is 72.4 Å². The van der Waals surface area contributed by atoms with E-state index in [4.69, 9.17) is 46.4 Å². The van der Waals surface area contributed by atoms with Gasteiger partial charge in [-0.2, -0.15) is 0 Å². The summed E-state index contributed by atoms with van der Waals surface area (Å²) in [5.41, 5.74) is 1.57. The first kappa shape index (κ1) is 27.1. The zero-order chi connectivity index (χ0) is 23.8. The van der Waals surface area contributed by atoms with Crippen molar-refractivity contribution >= 4 is 70.0 Å². The average molecular weight is 536 g/mol. The number of rotatable bonds is 10. The summed E-state index contributed by atoms with van der Waals surface area (Å²) < 4.78 is 0.